The van der Waals surface area contributed by atoms with E-state index in [9.17, 15) is 19.5 Å². The maximum Gasteiger partial charge on any atom is 0.339 e. The van der Waals surface area contributed by atoms with Crippen molar-refractivity contribution in [3.8, 4) is 17.0 Å². The van der Waals surface area contributed by atoms with E-state index < -0.39 is 17.5 Å². The number of rotatable bonds is 9. The van der Waals surface area contributed by atoms with Crippen LogP contribution in [0.2, 0.25) is 0 Å². The molecule has 0 aliphatic carbocycles. The van der Waals surface area contributed by atoms with Gasteiger partial charge in [0.25, 0.3) is 5.91 Å². The van der Waals surface area contributed by atoms with Crippen LogP contribution >= 0.6 is 0 Å². The molecule has 43 heavy (non-hydrogen) atoms. The number of pyridine rings is 1. The van der Waals surface area contributed by atoms with Crippen LogP contribution in [-0.4, -0.2) is 69.7 Å². The van der Waals surface area contributed by atoms with Crippen LogP contribution in [0, 0.1) is 12.8 Å². The molecule has 1 aliphatic rings. The molecule has 1 saturated heterocycles. The van der Waals surface area contributed by atoms with Crippen LogP contribution in [-0.2, 0) is 20.7 Å². The highest BCUT2D eigenvalue weighted by atomic mass is 16.6. The molecule has 0 unspecified atom stereocenters. The Kier molecular flexibility index (Phi) is 9.95. The molecule has 1 amide bonds. The van der Waals surface area contributed by atoms with Crippen LogP contribution in [0.1, 0.15) is 72.9 Å². The van der Waals surface area contributed by atoms with E-state index in [4.69, 9.17) is 9.47 Å². The van der Waals surface area contributed by atoms with Crippen molar-refractivity contribution >= 4 is 23.5 Å². The number of piperidine rings is 1. The van der Waals surface area contributed by atoms with Gasteiger partial charge in [0, 0.05) is 37.0 Å². The number of ether oxygens (including phenoxy) is 2. The molecule has 11 nitrogen and oxygen atoms in total. The van der Waals surface area contributed by atoms with E-state index in [1.165, 1.54) is 6.20 Å². The number of nitrogens with one attached hydrogen (secondary N) is 1. The van der Waals surface area contributed by atoms with Crippen molar-refractivity contribution in [1.82, 2.24) is 20.3 Å². The molecule has 2 N–H and O–H groups in total. The lowest BCUT2D eigenvalue weighted by atomic mass is 9.92. The van der Waals surface area contributed by atoms with Crippen LogP contribution in [0.5, 0.6) is 5.75 Å². The number of hydrogen-bond donors (Lipinski definition) is 2. The first-order valence-corrected chi connectivity index (χ1v) is 14.5. The number of aromatic hydroxyl groups is 1. The fraction of sp³-hybridized carbons (Fsp3) is 0.438. The molecule has 1 fully saturated rings. The fourth-order valence-electron chi connectivity index (χ4n) is 4.88. The van der Waals surface area contributed by atoms with Crippen LogP contribution < -0.4 is 10.2 Å². The maximum absolute atomic E-state index is 12.7. The van der Waals surface area contributed by atoms with Crippen molar-refractivity contribution < 1.29 is 29.0 Å². The standard InChI is InChI=1S/C32H39N5O6/c1-6-42-31(41)23-9-12-25(33-18-23)22-7-10-24(11-8-22)37-15-13-21(14-16-37)17-26-35-20(2)29(39)28(36-26)30(40)34-19-27(38)43-32(3,4)5/h7-12,18,21,39H,6,13-17,19H2,1-5H3,(H,34,40). The Labute approximate surface area is 251 Å². The second kappa shape index (κ2) is 13.6. The van der Waals surface area contributed by atoms with E-state index in [2.05, 4.69) is 37.3 Å². The number of carbonyl (C=O) groups excluding carboxylic acids is 3. The lowest BCUT2D eigenvalue weighted by Gasteiger charge is -2.33. The Morgan fingerprint density at radius 2 is 1.74 bits per heavy atom. The second-order valence-electron chi connectivity index (χ2n) is 11.5. The van der Waals surface area contributed by atoms with E-state index in [0.717, 1.165) is 42.9 Å². The normalized spacial score (nSPS) is 13.8. The van der Waals surface area contributed by atoms with Gasteiger partial charge in [0.15, 0.2) is 11.4 Å². The molecule has 4 rings (SSSR count). The summed E-state index contributed by atoms with van der Waals surface area (Å²) in [6, 6.07) is 11.7. The molecule has 0 saturated carbocycles. The van der Waals surface area contributed by atoms with E-state index in [0.29, 0.717) is 36.0 Å². The summed E-state index contributed by atoms with van der Waals surface area (Å²) in [5, 5.41) is 12.9. The maximum atomic E-state index is 12.7. The highest BCUT2D eigenvalue weighted by molar-refractivity contribution is 5.96. The number of hydrogen-bond acceptors (Lipinski definition) is 10. The molecule has 0 atom stereocenters. The zero-order valence-corrected chi connectivity index (χ0v) is 25.3. The lowest BCUT2D eigenvalue weighted by molar-refractivity contribution is -0.153. The molecule has 1 aromatic carbocycles. The highest BCUT2D eigenvalue weighted by Gasteiger charge is 2.24. The first-order valence-electron chi connectivity index (χ1n) is 14.5. The monoisotopic (exact) mass is 589 g/mol. The van der Waals surface area contributed by atoms with Gasteiger partial charge in [-0.2, -0.15) is 0 Å². The van der Waals surface area contributed by atoms with Crippen molar-refractivity contribution in [3.63, 3.8) is 0 Å². The summed E-state index contributed by atoms with van der Waals surface area (Å²) in [4.78, 5) is 52.1. The van der Waals surface area contributed by atoms with Crippen molar-refractivity contribution in [2.75, 3.05) is 31.1 Å². The number of aryl methyl sites for hydroxylation is 1. The summed E-state index contributed by atoms with van der Waals surface area (Å²) in [5.74, 6) is -1.10. The van der Waals surface area contributed by atoms with Crippen LogP contribution in [0.15, 0.2) is 42.6 Å². The Morgan fingerprint density at radius 3 is 2.35 bits per heavy atom. The first-order chi connectivity index (χ1) is 20.4. The second-order valence-corrected chi connectivity index (χ2v) is 11.5. The van der Waals surface area contributed by atoms with Gasteiger partial charge in [-0.3, -0.25) is 14.6 Å². The molecular formula is C32H39N5O6. The highest BCUT2D eigenvalue weighted by Crippen LogP contribution is 2.28. The third-order valence-corrected chi connectivity index (χ3v) is 7.02. The summed E-state index contributed by atoms with van der Waals surface area (Å²) >= 11 is 0. The summed E-state index contributed by atoms with van der Waals surface area (Å²) in [5.41, 5.74) is 2.78. The zero-order chi connectivity index (χ0) is 31.1. The number of amides is 1. The van der Waals surface area contributed by atoms with Crippen molar-refractivity contribution in [2.45, 2.75) is 59.5 Å². The summed E-state index contributed by atoms with van der Waals surface area (Å²) in [6.07, 6.45) is 3.95. The Hall–Kier alpha value is -4.54. The summed E-state index contributed by atoms with van der Waals surface area (Å²) < 4.78 is 10.2. The van der Waals surface area contributed by atoms with Gasteiger partial charge in [0.05, 0.1) is 23.6 Å². The van der Waals surface area contributed by atoms with Gasteiger partial charge in [-0.25, -0.2) is 14.8 Å². The Bertz CT molecular complexity index is 1440. The van der Waals surface area contributed by atoms with Gasteiger partial charge >= 0.3 is 11.9 Å². The first kappa shape index (κ1) is 31.4. The third kappa shape index (κ3) is 8.50. The number of anilines is 1. The van der Waals surface area contributed by atoms with Gasteiger partial charge in [-0.1, -0.05) is 12.1 Å². The average molecular weight is 590 g/mol. The van der Waals surface area contributed by atoms with E-state index in [1.54, 1.807) is 40.7 Å². The van der Waals surface area contributed by atoms with Gasteiger partial charge in [0.1, 0.15) is 18.0 Å². The van der Waals surface area contributed by atoms with E-state index >= 15 is 0 Å². The minimum absolute atomic E-state index is 0.145. The number of aromatic nitrogens is 3. The SMILES string of the molecule is CCOC(=O)c1ccc(-c2ccc(N3CCC(Cc4nc(C)c(O)c(C(=O)NCC(=O)OC(C)(C)C)n4)CC3)cc2)nc1. The molecule has 3 aromatic rings. The molecule has 0 bridgehead atoms. The Morgan fingerprint density at radius 1 is 1.05 bits per heavy atom. The van der Waals surface area contributed by atoms with Gasteiger partial charge in [-0.15, -0.1) is 0 Å². The minimum atomic E-state index is -0.667. The minimum Gasteiger partial charge on any atom is -0.504 e. The molecular weight excluding hydrogens is 550 g/mol. The summed E-state index contributed by atoms with van der Waals surface area (Å²) in [7, 11) is 0. The molecule has 0 radical (unpaired) electrons. The quantitative estimate of drug-likeness (QED) is 0.348. The van der Waals surface area contributed by atoms with Crippen molar-refractivity contribution in [2.24, 2.45) is 5.92 Å². The molecule has 3 heterocycles. The smallest absolute Gasteiger partial charge is 0.339 e. The fourth-order valence-corrected chi connectivity index (χ4v) is 4.88. The topological polar surface area (TPSA) is 144 Å². The predicted octanol–water partition coefficient (Wildman–Crippen LogP) is 4.26. The van der Waals surface area contributed by atoms with Gasteiger partial charge in [-0.05, 0) is 77.6 Å². The number of benzene rings is 1. The molecule has 1 aliphatic heterocycles. The number of esters is 2. The van der Waals surface area contributed by atoms with Crippen LogP contribution in [0.3, 0.4) is 0 Å². The van der Waals surface area contributed by atoms with Crippen molar-refractivity contribution in [1.29, 1.82) is 0 Å². The molecule has 2 aromatic heterocycles. The largest absolute Gasteiger partial charge is 0.504 e. The third-order valence-electron chi connectivity index (χ3n) is 7.02. The zero-order valence-electron chi connectivity index (χ0n) is 25.3. The van der Waals surface area contributed by atoms with E-state index in [-0.39, 0.29) is 24.0 Å². The number of carbonyl (C=O) groups is 3. The van der Waals surface area contributed by atoms with E-state index in [1.807, 2.05) is 18.2 Å². The molecule has 228 valence electrons. The van der Waals surface area contributed by atoms with Crippen molar-refractivity contribution in [3.05, 3.63) is 65.4 Å². The molecule has 0 spiro atoms. The predicted molar refractivity (Wildman–Crippen MR) is 161 cm³/mol. The molecule has 11 heteroatoms. The summed E-state index contributed by atoms with van der Waals surface area (Å²) in [6.45, 7) is 10.3. The van der Waals surface area contributed by atoms with Crippen LogP contribution in [0.4, 0.5) is 5.69 Å². The van der Waals surface area contributed by atoms with Gasteiger partial charge in [0.2, 0.25) is 0 Å². The lowest BCUT2D eigenvalue weighted by Crippen LogP contribution is -2.35. The van der Waals surface area contributed by atoms with Gasteiger partial charge < -0.3 is 24.8 Å². The average Bonchev–Trinajstić information content (AvgIpc) is 2.97. The Balaban J connectivity index is 1.32. The van der Waals surface area contributed by atoms with Crippen LogP contribution in [0.25, 0.3) is 11.3 Å². The number of nitrogens with zero attached hydrogens (tertiary/aromatic N) is 4.